The van der Waals surface area contributed by atoms with E-state index in [9.17, 15) is 14.4 Å². The normalized spacial score (nSPS) is 12.4. The zero-order chi connectivity index (χ0) is 19.4. The Labute approximate surface area is 164 Å². The predicted molar refractivity (Wildman–Crippen MR) is 103 cm³/mol. The van der Waals surface area contributed by atoms with E-state index in [1.807, 2.05) is 0 Å². The smallest absolute Gasteiger partial charge is 0.341 e. The Kier molecular flexibility index (Phi) is 6.12. The van der Waals surface area contributed by atoms with Gasteiger partial charge in [-0.2, -0.15) is 0 Å². The van der Waals surface area contributed by atoms with Gasteiger partial charge in [-0.15, -0.1) is 23.1 Å². The van der Waals surface area contributed by atoms with Gasteiger partial charge in [0.1, 0.15) is 10.0 Å². The molecular formula is C18H18N2O5S2. The predicted octanol–water partition coefficient (Wildman–Crippen LogP) is 2.94. The molecule has 27 heavy (non-hydrogen) atoms. The van der Waals surface area contributed by atoms with Crippen molar-refractivity contribution in [2.45, 2.75) is 24.3 Å². The largest absolute Gasteiger partial charge is 0.465 e. The maximum Gasteiger partial charge on any atom is 0.341 e. The van der Waals surface area contributed by atoms with Gasteiger partial charge in [0.15, 0.2) is 6.61 Å². The highest BCUT2D eigenvalue weighted by Crippen LogP contribution is 2.39. The van der Waals surface area contributed by atoms with E-state index >= 15 is 0 Å². The summed E-state index contributed by atoms with van der Waals surface area (Å²) in [5.74, 6) is -1.60. The summed E-state index contributed by atoms with van der Waals surface area (Å²) in [5.41, 5.74) is 1.66. The summed E-state index contributed by atoms with van der Waals surface area (Å²) in [4.78, 5) is 41.7. The lowest BCUT2D eigenvalue weighted by Gasteiger charge is -2.09. The molecule has 9 heteroatoms. The first kappa shape index (κ1) is 19.4. The molecule has 7 nitrogen and oxygen atoms in total. The van der Waals surface area contributed by atoms with Crippen LogP contribution in [0.25, 0.3) is 0 Å². The van der Waals surface area contributed by atoms with E-state index < -0.39 is 24.5 Å². The number of hydrogen-bond donors (Lipinski definition) is 1. The van der Waals surface area contributed by atoms with Crippen molar-refractivity contribution in [2.24, 2.45) is 0 Å². The molecule has 0 saturated carbocycles. The van der Waals surface area contributed by atoms with E-state index in [0.717, 1.165) is 29.7 Å². The number of rotatable bonds is 6. The van der Waals surface area contributed by atoms with Crippen molar-refractivity contribution in [3.63, 3.8) is 0 Å². The number of pyridine rings is 1. The van der Waals surface area contributed by atoms with Gasteiger partial charge in [0.2, 0.25) is 0 Å². The quantitative estimate of drug-likeness (QED) is 0.582. The van der Waals surface area contributed by atoms with E-state index in [0.29, 0.717) is 21.2 Å². The standard InChI is InChI=1S/C18H18N2O5S2/c1-24-18(23)14-10-5-3-7-12(10)27-16(14)20-13(21)9-25-17(22)11-6-4-8-19-15(11)26-2/h4,6,8H,3,5,7,9H2,1-2H3,(H,20,21). The SMILES string of the molecule is COC(=O)c1c(NC(=O)COC(=O)c2cccnc2SC)sc2c1CCC2. The van der Waals surface area contributed by atoms with Crippen molar-refractivity contribution < 1.29 is 23.9 Å². The molecule has 1 amide bonds. The Balaban J connectivity index is 1.67. The average molecular weight is 406 g/mol. The second kappa shape index (κ2) is 8.53. The molecule has 1 aliphatic rings. The van der Waals surface area contributed by atoms with Crippen LogP contribution >= 0.6 is 23.1 Å². The zero-order valence-electron chi connectivity index (χ0n) is 14.9. The number of aromatic nitrogens is 1. The summed E-state index contributed by atoms with van der Waals surface area (Å²) in [6.45, 7) is -0.454. The van der Waals surface area contributed by atoms with Crippen molar-refractivity contribution in [3.05, 3.63) is 39.9 Å². The third kappa shape index (κ3) is 4.14. The molecular weight excluding hydrogens is 388 g/mol. The van der Waals surface area contributed by atoms with E-state index in [1.165, 1.54) is 30.2 Å². The second-order valence-corrected chi connectivity index (χ2v) is 7.64. The number of esters is 2. The molecule has 0 unspecified atom stereocenters. The summed E-state index contributed by atoms with van der Waals surface area (Å²) in [6, 6.07) is 3.23. The Hall–Kier alpha value is -2.39. The number of thiophene rings is 1. The molecule has 0 radical (unpaired) electrons. The Bertz CT molecular complexity index is 894. The van der Waals surface area contributed by atoms with Crippen molar-refractivity contribution in [3.8, 4) is 0 Å². The molecule has 0 fully saturated rings. The summed E-state index contributed by atoms with van der Waals surface area (Å²) in [5, 5.41) is 3.65. The molecule has 2 aromatic heterocycles. The molecule has 0 aliphatic heterocycles. The van der Waals surface area contributed by atoms with E-state index in [4.69, 9.17) is 9.47 Å². The monoisotopic (exact) mass is 406 g/mol. The minimum atomic E-state index is -0.621. The third-order valence-electron chi connectivity index (χ3n) is 4.08. The number of aryl methyl sites for hydroxylation is 1. The Morgan fingerprint density at radius 2 is 2.11 bits per heavy atom. The van der Waals surface area contributed by atoms with E-state index in [1.54, 1.807) is 24.6 Å². The summed E-state index contributed by atoms with van der Waals surface area (Å²) >= 11 is 2.69. The fourth-order valence-corrected chi connectivity index (χ4v) is 4.72. The first-order chi connectivity index (χ1) is 13.0. The fourth-order valence-electron chi connectivity index (χ4n) is 2.89. The topological polar surface area (TPSA) is 94.6 Å². The van der Waals surface area contributed by atoms with Crippen LogP contribution in [-0.4, -0.2) is 42.8 Å². The highest BCUT2D eigenvalue weighted by atomic mass is 32.2. The van der Waals surface area contributed by atoms with Crippen LogP contribution in [0.4, 0.5) is 5.00 Å². The maximum absolute atomic E-state index is 12.2. The van der Waals surface area contributed by atoms with Crippen LogP contribution in [0.15, 0.2) is 23.4 Å². The van der Waals surface area contributed by atoms with Crippen LogP contribution in [0.3, 0.4) is 0 Å². The molecule has 3 rings (SSSR count). The van der Waals surface area contributed by atoms with Gasteiger partial charge in [0, 0.05) is 11.1 Å². The summed E-state index contributed by atoms with van der Waals surface area (Å²) in [6.07, 6.45) is 6.04. The number of ether oxygens (including phenoxy) is 2. The van der Waals surface area contributed by atoms with Gasteiger partial charge < -0.3 is 14.8 Å². The summed E-state index contributed by atoms with van der Waals surface area (Å²) < 4.78 is 9.94. The van der Waals surface area contributed by atoms with Gasteiger partial charge in [-0.1, -0.05) is 0 Å². The Morgan fingerprint density at radius 1 is 1.30 bits per heavy atom. The maximum atomic E-state index is 12.2. The lowest BCUT2D eigenvalue weighted by atomic mass is 10.1. The number of carbonyl (C=O) groups is 3. The number of thioether (sulfide) groups is 1. The molecule has 0 bridgehead atoms. The molecule has 0 saturated heterocycles. The van der Waals surface area contributed by atoms with Crippen molar-refractivity contribution >= 4 is 45.9 Å². The molecule has 0 aromatic carbocycles. The van der Waals surface area contributed by atoms with Crippen LogP contribution in [0.2, 0.25) is 0 Å². The molecule has 2 aromatic rings. The van der Waals surface area contributed by atoms with Crippen molar-refractivity contribution in [2.75, 3.05) is 25.3 Å². The number of nitrogens with zero attached hydrogens (tertiary/aromatic N) is 1. The number of amides is 1. The lowest BCUT2D eigenvalue weighted by Crippen LogP contribution is -2.22. The summed E-state index contributed by atoms with van der Waals surface area (Å²) in [7, 11) is 1.31. The number of carbonyl (C=O) groups excluding carboxylic acids is 3. The van der Waals surface area contributed by atoms with Crippen LogP contribution in [0.1, 0.15) is 37.6 Å². The molecule has 0 spiro atoms. The first-order valence-electron chi connectivity index (χ1n) is 8.24. The highest BCUT2D eigenvalue weighted by molar-refractivity contribution is 7.98. The first-order valence-corrected chi connectivity index (χ1v) is 10.3. The number of methoxy groups -OCH3 is 1. The third-order valence-corrected chi connectivity index (χ3v) is 6.00. The van der Waals surface area contributed by atoms with Crippen molar-refractivity contribution in [1.82, 2.24) is 4.98 Å². The van der Waals surface area contributed by atoms with Crippen LogP contribution in [0, 0.1) is 0 Å². The van der Waals surface area contributed by atoms with Gasteiger partial charge in [-0.25, -0.2) is 14.6 Å². The van der Waals surface area contributed by atoms with Crippen LogP contribution in [0.5, 0.6) is 0 Å². The van der Waals surface area contributed by atoms with Crippen molar-refractivity contribution in [1.29, 1.82) is 0 Å². The van der Waals surface area contributed by atoms with E-state index in [2.05, 4.69) is 10.3 Å². The minimum absolute atomic E-state index is 0.308. The van der Waals surface area contributed by atoms with Gasteiger partial charge in [-0.05, 0) is 43.2 Å². The number of anilines is 1. The minimum Gasteiger partial charge on any atom is -0.465 e. The van der Waals surface area contributed by atoms with Crippen LogP contribution < -0.4 is 5.32 Å². The molecule has 142 valence electrons. The molecule has 0 atom stereocenters. The second-order valence-electron chi connectivity index (χ2n) is 5.74. The molecule has 1 N–H and O–H groups in total. The van der Waals surface area contributed by atoms with Gasteiger partial charge in [-0.3, -0.25) is 4.79 Å². The number of fused-ring (bicyclic) bond motifs is 1. The van der Waals surface area contributed by atoms with Crippen LogP contribution in [-0.2, 0) is 27.1 Å². The number of hydrogen-bond acceptors (Lipinski definition) is 8. The zero-order valence-corrected chi connectivity index (χ0v) is 16.5. The van der Waals surface area contributed by atoms with Gasteiger partial charge in [0.05, 0.1) is 18.2 Å². The Morgan fingerprint density at radius 3 is 2.85 bits per heavy atom. The lowest BCUT2D eigenvalue weighted by molar-refractivity contribution is -0.119. The highest BCUT2D eigenvalue weighted by Gasteiger charge is 2.28. The molecule has 2 heterocycles. The van der Waals surface area contributed by atoms with E-state index in [-0.39, 0.29) is 0 Å². The van der Waals surface area contributed by atoms with Gasteiger partial charge in [0.25, 0.3) is 5.91 Å². The number of nitrogens with one attached hydrogen (secondary N) is 1. The fraction of sp³-hybridized carbons (Fsp3) is 0.333. The molecule has 1 aliphatic carbocycles. The average Bonchev–Trinajstić information content (AvgIpc) is 3.26. The van der Waals surface area contributed by atoms with Gasteiger partial charge >= 0.3 is 11.9 Å².